The quantitative estimate of drug-likeness (QED) is 0.784. The number of benzene rings is 1. The fraction of sp³-hybridized carbons (Fsp3) is 0.308. The molecule has 1 heterocycles. The van der Waals surface area contributed by atoms with Crippen molar-refractivity contribution < 1.29 is 23.4 Å². The van der Waals surface area contributed by atoms with Crippen LogP contribution in [0.3, 0.4) is 0 Å². The fourth-order valence-electron chi connectivity index (χ4n) is 1.78. The number of alkyl halides is 3. The van der Waals surface area contributed by atoms with E-state index >= 15 is 0 Å². The molecule has 5 nitrogen and oxygen atoms in total. The van der Waals surface area contributed by atoms with Crippen molar-refractivity contribution >= 4 is 17.3 Å². The van der Waals surface area contributed by atoms with Gasteiger partial charge in [0.2, 0.25) is 0 Å². The van der Waals surface area contributed by atoms with Gasteiger partial charge in [-0.15, -0.1) is 0 Å². The Kier molecular flexibility index (Phi) is 4.94. The molecule has 0 saturated carbocycles. The van der Waals surface area contributed by atoms with Crippen LogP contribution in [0.25, 0.3) is 5.69 Å². The lowest BCUT2D eigenvalue weighted by molar-refractivity contribution is -0.141. The van der Waals surface area contributed by atoms with Crippen molar-refractivity contribution in [3.05, 3.63) is 41.2 Å². The number of aliphatic hydroxyl groups excluding tert-OH is 2. The van der Waals surface area contributed by atoms with Crippen LogP contribution in [0.2, 0.25) is 5.02 Å². The first-order valence-electron chi connectivity index (χ1n) is 6.27. The Morgan fingerprint density at radius 2 is 2.05 bits per heavy atom. The van der Waals surface area contributed by atoms with E-state index in [1.807, 2.05) is 0 Å². The zero-order valence-corrected chi connectivity index (χ0v) is 11.9. The lowest BCUT2D eigenvalue weighted by Gasteiger charge is -2.15. The molecule has 2 rings (SSSR count). The first-order chi connectivity index (χ1) is 10.3. The number of hydrogen-bond acceptors (Lipinski definition) is 4. The lowest BCUT2D eigenvalue weighted by atomic mass is 10.2. The summed E-state index contributed by atoms with van der Waals surface area (Å²) in [5, 5.41) is 24.6. The van der Waals surface area contributed by atoms with E-state index in [1.54, 1.807) is 12.1 Å². The Morgan fingerprint density at radius 1 is 1.32 bits per heavy atom. The summed E-state index contributed by atoms with van der Waals surface area (Å²) in [6.45, 7) is -0.430. The van der Waals surface area contributed by atoms with Crippen LogP contribution >= 0.6 is 11.6 Å². The summed E-state index contributed by atoms with van der Waals surface area (Å²) in [6.07, 6.45) is -4.40. The number of nitrogens with one attached hydrogen (secondary N) is 1. The molecule has 0 fully saturated rings. The molecule has 1 aromatic heterocycles. The summed E-state index contributed by atoms with van der Waals surface area (Å²) in [7, 11) is 0. The molecule has 0 aliphatic carbocycles. The maximum Gasteiger partial charge on any atom is 0.435 e. The van der Waals surface area contributed by atoms with Gasteiger partial charge in [0.25, 0.3) is 0 Å². The number of nitrogens with zero attached hydrogens (tertiary/aromatic N) is 2. The molecule has 0 amide bonds. The van der Waals surface area contributed by atoms with Crippen LogP contribution in [0.4, 0.5) is 18.9 Å². The molecule has 1 atom stereocenters. The van der Waals surface area contributed by atoms with E-state index in [4.69, 9.17) is 16.7 Å². The average Bonchev–Trinajstić information content (AvgIpc) is 2.94. The summed E-state index contributed by atoms with van der Waals surface area (Å²) in [5.74, 6) is 0. The van der Waals surface area contributed by atoms with Gasteiger partial charge in [-0.3, -0.25) is 0 Å². The molecule has 0 saturated heterocycles. The van der Waals surface area contributed by atoms with Crippen LogP contribution in [-0.2, 0) is 6.18 Å². The van der Waals surface area contributed by atoms with Crippen molar-refractivity contribution in [2.24, 2.45) is 0 Å². The number of rotatable bonds is 5. The Bertz CT molecular complexity index is 646. The molecule has 0 bridgehead atoms. The van der Waals surface area contributed by atoms with Crippen molar-refractivity contribution in [2.75, 3.05) is 18.5 Å². The van der Waals surface area contributed by atoms with Crippen LogP contribution in [0.15, 0.2) is 30.5 Å². The van der Waals surface area contributed by atoms with Gasteiger partial charge < -0.3 is 15.5 Å². The molecular formula is C13H13ClF3N3O2. The zero-order valence-electron chi connectivity index (χ0n) is 11.2. The van der Waals surface area contributed by atoms with Crippen molar-refractivity contribution in [3.63, 3.8) is 0 Å². The topological polar surface area (TPSA) is 70.3 Å². The van der Waals surface area contributed by atoms with Crippen LogP contribution in [0, 0.1) is 0 Å². The molecule has 1 aromatic carbocycles. The van der Waals surface area contributed by atoms with Crippen molar-refractivity contribution in [1.29, 1.82) is 0 Å². The summed E-state index contributed by atoms with van der Waals surface area (Å²) in [5.41, 5.74) is -0.421. The molecular weight excluding hydrogens is 323 g/mol. The van der Waals surface area contributed by atoms with Crippen molar-refractivity contribution in [1.82, 2.24) is 9.78 Å². The minimum Gasteiger partial charge on any atom is -0.394 e. The monoisotopic (exact) mass is 335 g/mol. The third-order valence-corrected chi connectivity index (χ3v) is 3.14. The highest BCUT2D eigenvalue weighted by atomic mass is 35.5. The van der Waals surface area contributed by atoms with Gasteiger partial charge >= 0.3 is 6.18 Å². The van der Waals surface area contributed by atoms with Crippen LogP contribution in [0.1, 0.15) is 5.69 Å². The van der Waals surface area contributed by atoms with Gasteiger partial charge in [0.1, 0.15) is 5.69 Å². The molecule has 0 spiro atoms. The van der Waals surface area contributed by atoms with Crippen LogP contribution in [0.5, 0.6) is 0 Å². The van der Waals surface area contributed by atoms with Gasteiger partial charge in [-0.1, -0.05) is 17.7 Å². The number of para-hydroxylation sites is 1. The van der Waals surface area contributed by atoms with Gasteiger partial charge in [-0.2, -0.15) is 18.3 Å². The highest BCUT2D eigenvalue weighted by Gasteiger charge is 2.34. The number of aliphatic hydroxyl groups is 2. The van der Waals surface area contributed by atoms with Gasteiger partial charge in [-0.25, -0.2) is 4.68 Å². The van der Waals surface area contributed by atoms with E-state index < -0.39 is 24.6 Å². The number of hydrogen-bond donors (Lipinski definition) is 3. The van der Waals surface area contributed by atoms with E-state index in [9.17, 15) is 18.3 Å². The molecule has 2 aromatic rings. The first kappa shape index (κ1) is 16.6. The molecule has 9 heteroatoms. The average molecular weight is 336 g/mol. The molecule has 120 valence electrons. The number of aromatic nitrogens is 2. The second-order valence-corrected chi connectivity index (χ2v) is 4.90. The summed E-state index contributed by atoms with van der Waals surface area (Å²) in [6, 6.07) is 5.54. The molecule has 0 radical (unpaired) electrons. The predicted octanol–water partition coefficient (Wildman–Crippen LogP) is 2.31. The summed E-state index contributed by atoms with van der Waals surface area (Å²) in [4.78, 5) is 0. The second kappa shape index (κ2) is 6.55. The van der Waals surface area contributed by atoms with E-state index in [1.165, 1.54) is 6.07 Å². The summed E-state index contributed by atoms with van der Waals surface area (Å²) < 4.78 is 38.9. The van der Waals surface area contributed by atoms with Gasteiger partial charge in [0.05, 0.1) is 23.4 Å². The zero-order chi connectivity index (χ0) is 16.3. The highest BCUT2D eigenvalue weighted by Crippen LogP contribution is 2.31. The van der Waals surface area contributed by atoms with E-state index in [0.29, 0.717) is 5.69 Å². The van der Waals surface area contributed by atoms with Gasteiger partial charge in [0, 0.05) is 12.7 Å². The standard InChI is InChI=1S/C13H13ClF3N3O2/c14-9-2-1-3-10(18-6-8(22)7-21)12(9)20-5-4-11(19-20)13(15,16)17/h1-5,8,18,21-22H,6-7H2. The minimum atomic E-state index is -4.55. The number of halogens is 4. The molecule has 1 unspecified atom stereocenters. The van der Waals surface area contributed by atoms with Crippen LogP contribution in [-0.4, -0.2) is 39.2 Å². The smallest absolute Gasteiger partial charge is 0.394 e. The molecule has 22 heavy (non-hydrogen) atoms. The normalized spacial score (nSPS) is 13.2. The molecule has 0 aliphatic rings. The molecule has 0 aliphatic heterocycles. The Morgan fingerprint density at radius 3 is 2.64 bits per heavy atom. The highest BCUT2D eigenvalue weighted by molar-refractivity contribution is 6.33. The Hall–Kier alpha value is -1.77. The fourth-order valence-corrected chi connectivity index (χ4v) is 2.04. The van der Waals surface area contributed by atoms with Gasteiger partial charge in [-0.05, 0) is 18.2 Å². The van der Waals surface area contributed by atoms with Gasteiger partial charge in [0.15, 0.2) is 5.69 Å². The van der Waals surface area contributed by atoms with Crippen molar-refractivity contribution in [2.45, 2.75) is 12.3 Å². The maximum absolute atomic E-state index is 12.6. The maximum atomic E-state index is 12.6. The predicted molar refractivity (Wildman–Crippen MR) is 75.2 cm³/mol. The first-order valence-corrected chi connectivity index (χ1v) is 6.65. The second-order valence-electron chi connectivity index (χ2n) is 4.50. The number of anilines is 1. The molecule has 3 N–H and O–H groups in total. The lowest BCUT2D eigenvalue weighted by Crippen LogP contribution is -2.23. The summed E-state index contributed by atoms with van der Waals surface area (Å²) >= 11 is 6.04. The SMILES string of the molecule is OCC(O)CNc1cccc(Cl)c1-n1ccc(C(F)(F)F)n1. The Labute approximate surface area is 128 Å². The third kappa shape index (κ3) is 3.70. The van der Waals surface area contributed by atoms with E-state index in [0.717, 1.165) is 16.9 Å². The Balaban J connectivity index is 2.35. The van der Waals surface area contributed by atoms with E-state index in [-0.39, 0.29) is 17.3 Å². The van der Waals surface area contributed by atoms with E-state index in [2.05, 4.69) is 10.4 Å². The third-order valence-electron chi connectivity index (χ3n) is 2.83. The van der Waals surface area contributed by atoms with Crippen LogP contribution < -0.4 is 5.32 Å². The minimum absolute atomic E-state index is 0.0111. The largest absolute Gasteiger partial charge is 0.435 e. The van der Waals surface area contributed by atoms with Crippen molar-refractivity contribution in [3.8, 4) is 5.69 Å².